The number of halogens is 3. The molecule has 4 nitrogen and oxygen atoms in total. The van der Waals surface area contributed by atoms with Crippen LogP contribution in [0.2, 0.25) is 0 Å². The number of benzene rings is 2. The van der Waals surface area contributed by atoms with E-state index in [1.165, 1.54) is 29.2 Å². The maximum Gasteiger partial charge on any atom is 0.417 e. The highest BCUT2D eigenvalue weighted by Gasteiger charge is 2.36. The zero-order valence-electron chi connectivity index (χ0n) is 13.0. The van der Waals surface area contributed by atoms with Gasteiger partial charge in [0.1, 0.15) is 0 Å². The number of carboxylic acid groups (broad SMARTS) is 1. The summed E-state index contributed by atoms with van der Waals surface area (Å²) < 4.78 is 39.4. The van der Waals surface area contributed by atoms with Gasteiger partial charge in [0.25, 0.3) is 5.91 Å². The number of alkyl halides is 3. The van der Waals surface area contributed by atoms with E-state index in [0.717, 1.165) is 17.7 Å². The van der Waals surface area contributed by atoms with Crippen LogP contribution in [0.25, 0.3) is 0 Å². The number of hydrogen-bond acceptors (Lipinski definition) is 2. The molecule has 0 saturated heterocycles. The molecular formula is C18H14F3NO3. The van der Waals surface area contributed by atoms with Crippen molar-refractivity contribution in [3.05, 3.63) is 70.3 Å². The first kappa shape index (κ1) is 17.0. The monoisotopic (exact) mass is 349 g/mol. The first-order chi connectivity index (χ1) is 11.8. The second-order valence-electron chi connectivity index (χ2n) is 5.81. The third kappa shape index (κ3) is 3.35. The van der Waals surface area contributed by atoms with Crippen molar-refractivity contribution >= 4 is 11.9 Å². The van der Waals surface area contributed by atoms with Crippen LogP contribution in [0, 0.1) is 0 Å². The third-order valence-electron chi connectivity index (χ3n) is 4.22. The van der Waals surface area contributed by atoms with Crippen LogP contribution < -0.4 is 0 Å². The Balaban J connectivity index is 1.91. The van der Waals surface area contributed by atoms with E-state index in [-0.39, 0.29) is 18.7 Å². The van der Waals surface area contributed by atoms with Crippen molar-refractivity contribution in [1.29, 1.82) is 0 Å². The fraction of sp³-hybridized carbons (Fsp3) is 0.222. The van der Waals surface area contributed by atoms with Crippen LogP contribution in [0.15, 0.2) is 42.5 Å². The highest BCUT2D eigenvalue weighted by molar-refractivity contribution is 5.96. The Labute approximate surface area is 141 Å². The van der Waals surface area contributed by atoms with Crippen molar-refractivity contribution in [1.82, 2.24) is 4.90 Å². The molecule has 0 radical (unpaired) electrons. The maximum absolute atomic E-state index is 13.1. The van der Waals surface area contributed by atoms with Crippen molar-refractivity contribution in [2.75, 3.05) is 6.54 Å². The van der Waals surface area contributed by atoms with Crippen LogP contribution in [-0.4, -0.2) is 28.4 Å². The van der Waals surface area contributed by atoms with E-state index in [4.69, 9.17) is 5.11 Å². The third-order valence-corrected chi connectivity index (χ3v) is 4.22. The largest absolute Gasteiger partial charge is 0.478 e. The van der Waals surface area contributed by atoms with Crippen LogP contribution in [-0.2, 0) is 19.1 Å². The lowest BCUT2D eigenvalue weighted by Gasteiger charge is -2.30. The predicted octanol–water partition coefficient (Wildman–Crippen LogP) is 3.60. The fourth-order valence-corrected chi connectivity index (χ4v) is 2.95. The summed E-state index contributed by atoms with van der Waals surface area (Å²) in [6.07, 6.45) is -4.15. The molecule has 0 unspecified atom stereocenters. The van der Waals surface area contributed by atoms with Crippen LogP contribution in [0.4, 0.5) is 13.2 Å². The molecule has 0 aromatic heterocycles. The maximum atomic E-state index is 13.1. The molecule has 1 aliphatic rings. The first-order valence-corrected chi connectivity index (χ1v) is 7.58. The van der Waals surface area contributed by atoms with Crippen molar-refractivity contribution in [2.24, 2.45) is 0 Å². The molecule has 7 heteroatoms. The molecule has 0 atom stereocenters. The summed E-state index contributed by atoms with van der Waals surface area (Å²) in [4.78, 5) is 25.0. The van der Waals surface area contributed by atoms with Crippen LogP contribution >= 0.6 is 0 Å². The van der Waals surface area contributed by atoms with Crippen molar-refractivity contribution < 1.29 is 27.9 Å². The molecule has 1 aliphatic heterocycles. The highest BCUT2D eigenvalue weighted by Crippen LogP contribution is 2.33. The smallest absolute Gasteiger partial charge is 0.417 e. The van der Waals surface area contributed by atoms with Gasteiger partial charge in [0.2, 0.25) is 0 Å². The summed E-state index contributed by atoms with van der Waals surface area (Å²) in [6, 6.07) is 9.31. The predicted molar refractivity (Wildman–Crippen MR) is 83.3 cm³/mol. The van der Waals surface area contributed by atoms with Crippen LogP contribution in [0.5, 0.6) is 0 Å². The van der Waals surface area contributed by atoms with Gasteiger partial charge in [0.05, 0.1) is 16.7 Å². The number of aromatic carboxylic acids is 1. The number of carboxylic acids is 1. The van der Waals surface area contributed by atoms with Gasteiger partial charge in [-0.3, -0.25) is 4.79 Å². The Bertz CT molecular complexity index is 846. The Kier molecular flexibility index (Phi) is 4.24. The Hall–Kier alpha value is -2.83. The van der Waals surface area contributed by atoms with Crippen LogP contribution in [0.3, 0.4) is 0 Å². The van der Waals surface area contributed by atoms with Gasteiger partial charge in [-0.1, -0.05) is 18.2 Å². The Morgan fingerprint density at radius 3 is 2.44 bits per heavy atom. The molecular weight excluding hydrogens is 335 g/mol. The standard InChI is InChI=1S/C18H14F3NO3/c19-18(20,21)15-4-2-1-3-14(15)16(23)22-8-7-11-5-6-12(17(24)25)9-13(11)10-22/h1-6,9H,7-8,10H2,(H,24,25). The number of nitrogens with zero attached hydrogens (tertiary/aromatic N) is 1. The average molecular weight is 349 g/mol. The van der Waals surface area contributed by atoms with E-state index >= 15 is 0 Å². The minimum Gasteiger partial charge on any atom is -0.478 e. The topological polar surface area (TPSA) is 57.6 Å². The van der Waals surface area contributed by atoms with E-state index in [0.29, 0.717) is 12.0 Å². The average Bonchev–Trinajstić information content (AvgIpc) is 2.59. The molecule has 3 rings (SSSR count). The van der Waals surface area contributed by atoms with Crippen LogP contribution in [0.1, 0.15) is 37.4 Å². The minimum atomic E-state index is -4.61. The van der Waals surface area contributed by atoms with Gasteiger partial charge in [-0.15, -0.1) is 0 Å². The van der Waals surface area contributed by atoms with Gasteiger partial charge in [-0.25, -0.2) is 4.79 Å². The molecule has 25 heavy (non-hydrogen) atoms. The number of carbonyl (C=O) groups excluding carboxylic acids is 1. The summed E-state index contributed by atoms with van der Waals surface area (Å²) in [6.45, 7) is 0.367. The minimum absolute atomic E-state index is 0.0848. The molecule has 0 aliphatic carbocycles. The Morgan fingerprint density at radius 1 is 1.04 bits per heavy atom. The number of fused-ring (bicyclic) bond motifs is 1. The summed E-state index contributed by atoms with van der Waals surface area (Å²) in [7, 11) is 0. The lowest BCUT2D eigenvalue weighted by molar-refractivity contribution is -0.138. The zero-order chi connectivity index (χ0) is 18.2. The molecule has 0 saturated carbocycles. The van der Waals surface area contributed by atoms with Crippen molar-refractivity contribution in [3.8, 4) is 0 Å². The zero-order valence-corrected chi connectivity index (χ0v) is 13.0. The van der Waals surface area contributed by atoms with E-state index < -0.39 is 29.2 Å². The van der Waals surface area contributed by atoms with E-state index in [1.54, 1.807) is 6.07 Å². The molecule has 0 fully saturated rings. The quantitative estimate of drug-likeness (QED) is 0.901. The van der Waals surface area contributed by atoms with Crippen molar-refractivity contribution in [2.45, 2.75) is 19.1 Å². The fourth-order valence-electron chi connectivity index (χ4n) is 2.95. The number of rotatable bonds is 2. The number of amides is 1. The van der Waals surface area contributed by atoms with Gasteiger partial charge >= 0.3 is 12.1 Å². The molecule has 1 N–H and O–H groups in total. The van der Waals surface area contributed by atoms with Crippen molar-refractivity contribution in [3.63, 3.8) is 0 Å². The molecule has 1 amide bonds. The second-order valence-corrected chi connectivity index (χ2v) is 5.81. The SMILES string of the molecule is O=C(O)c1ccc2c(c1)CN(C(=O)c1ccccc1C(F)(F)F)CC2. The van der Waals surface area contributed by atoms with E-state index in [2.05, 4.69) is 0 Å². The van der Waals surface area contributed by atoms with Gasteiger partial charge in [0, 0.05) is 13.1 Å². The van der Waals surface area contributed by atoms with Gasteiger partial charge in [0.15, 0.2) is 0 Å². The second kappa shape index (κ2) is 6.23. The summed E-state index contributed by atoms with van der Waals surface area (Å²) in [5.41, 5.74) is 0.267. The number of hydrogen-bond donors (Lipinski definition) is 1. The van der Waals surface area contributed by atoms with E-state index in [9.17, 15) is 22.8 Å². The summed E-state index contributed by atoms with van der Waals surface area (Å²) >= 11 is 0. The van der Waals surface area contributed by atoms with Gasteiger partial charge in [-0.2, -0.15) is 13.2 Å². The Morgan fingerprint density at radius 2 is 1.76 bits per heavy atom. The molecule has 0 spiro atoms. The molecule has 0 bridgehead atoms. The molecule has 2 aromatic rings. The lowest BCUT2D eigenvalue weighted by Crippen LogP contribution is -2.37. The molecule has 2 aromatic carbocycles. The lowest BCUT2D eigenvalue weighted by atomic mass is 9.96. The van der Waals surface area contributed by atoms with Gasteiger partial charge in [-0.05, 0) is 41.8 Å². The summed E-state index contributed by atoms with van der Waals surface area (Å²) in [5.74, 6) is -1.80. The highest BCUT2D eigenvalue weighted by atomic mass is 19.4. The normalized spacial score (nSPS) is 14.1. The first-order valence-electron chi connectivity index (χ1n) is 7.58. The number of carbonyl (C=O) groups is 2. The van der Waals surface area contributed by atoms with Gasteiger partial charge < -0.3 is 10.0 Å². The molecule has 130 valence electrons. The molecule has 1 heterocycles. The summed E-state index contributed by atoms with van der Waals surface area (Å²) in [5, 5.41) is 9.06. The van der Waals surface area contributed by atoms with E-state index in [1.807, 2.05) is 0 Å².